The van der Waals surface area contributed by atoms with Crippen LogP contribution < -0.4 is 10.6 Å². The number of alkyl carbamates (subject to hydrolysis) is 1. The summed E-state index contributed by atoms with van der Waals surface area (Å²) in [7, 11) is 0. The Kier molecular flexibility index (Phi) is 5.80. The number of nitrogens with one attached hydrogen (secondary N) is 2. The van der Waals surface area contributed by atoms with Crippen LogP contribution in [0.2, 0.25) is 0 Å². The number of nitro groups is 1. The van der Waals surface area contributed by atoms with Gasteiger partial charge in [0, 0.05) is 35.5 Å². The van der Waals surface area contributed by atoms with Crippen molar-refractivity contribution in [2.24, 2.45) is 0 Å². The molecule has 0 heterocycles. The molecular formula is C17H23N3O4S. The minimum atomic E-state index is -0.456. The van der Waals surface area contributed by atoms with Crippen molar-refractivity contribution in [1.29, 1.82) is 0 Å². The monoisotopic (exact) mass is 365 g/mol. The van der Waals surface area contributed by atoms with Gasteiger partial charge in [0.1, 0.15) is 6.61 Å². The van der Waals surface area contributed by atoms with Crippen LogP contribution in [0.4, 0.5) is 10.5 Å². The zero-order valence-corrected chi connectivity index (χ0v) is 14.8. The minimum absolute atomic E-state index is 0.0217. The second kappa shape index (κ2) is 8.05. The van der Waals surface area contributed by atoms with Gasteiger partial charge in [-0.3, -0.25) is 10.1 Å². The lowest BCUT2D eigenvalue weighted by Crippen LogP contribution is -2.46. The number of rotatable bonds is 6. The Bertz CT molecular complexity index is 619. The van der Waals surface area contributed by atoms with E-state index in [4.69, 9.17) is 4.74 Å². The van der Waals surface area contributed by atoms with Crippen LogP contribution >= 0.6 is 12.6 Å². The van der Waals surface area contributed by atoms with Crippen molar-refractivity contribution < 1.29 is 14.5 Å². The number of ether oxygens (including phenoxy) is 1. The van der Waals surface area contributed by atoms with Crippen molar-refractivity contribution in [1.82, 2.24) is 10.6 Å². The van der Waals surface area contributed by atoms with Gasteiger partial charge in [-0.1, -0.05) is 0 Å². The third kappa shape index (κ3) is 5.09. The summed E-state index contributed by atoms with van der Waals surface area (Å²) in [5, 5.41) is 17.7. The molecule has 0 spiro atoms. The number of amides is 1. The SMILES string of the molecule is O=C(N[C@H]1CC[C@H](NC2CC(S)C2)C1)OCc1ccc([N+](=O)[O-])cc1. The Morgan fingerprint density at radius 1 is 1.16 bits per heavy atom. The number of non-ortho nitro benzene ring substituents is 1. The number of thiol groups is 1. The molecule has 2 N–H and O–H groups in total. The first-order chi connectivity index (χ1) is 12.0. The molecule has 2 aliphatic rings. The molecule has 2 aliphatic carbocycles. The summed E-state index contributed by atoms with van der Waals surface area (Å²) in [6.45, 7) is 0.101. The van der Waals surface area contributed by atoms with Crippen LogP contribution in [0.1, 0.15) is 37.7 Å². The quantitative estimate of drug-likeness (QED) is 0.409. The molecule has 1 aromatic rings. The fraction of sp³-hybridized carbons (Fsp3) is 0.588. The van der Waals surface area contributed by atoms with Crippen LogP contribution in [-0.2, 0) is 11.3 Å². The second-order valence-electron chi connectivity index (χ2n) is 6.84. The smallest absolute Gasteiger partial charge is 0.407 e. The van der Waals surface area contributed by atoms with Crippen LogP contribution in [0.3, 0.4) is 0 Å². The maximum Gasteiger partial charge on any atom is 0.407 e. The highest BCUT2D eigenvalue weighted by Gasteiger charge is 2.32. The van der Waals surface area contributed by atoms with Gasteiger partial charge < -0.3 is 15.4 Å². The predicted molar refractivity (Wildman–Crippen MR) is 96.8 cm³/mol. The molecule has 0 unspecified atom stereocenters. The van der Waals surface area contributed by atoms with Gasteiger partial charge in [0.15, 0.2) is 0 Å². The van der Waals surface area contributed by atoms with Gasteiger partial charge in [-0.2, -0.15) is 12.6 Å². The molecule has 0 bridgehead atoms. The van der Waals surface area contributed by atoms with Crippen LogP contribution in [0.25, 0.3) is 0 Å². The van der Waals surface area contributed by atoms with Gasteiger partial charge in [0.25, 0.3) is 5.69 Å². The zero-order valence-electron chi connectivity index (χ0n) is 13.9. The highest BCUT2D eigenvalue weighted by Crippen LogP contribution is 2.28. The maximum atomic E-state index is 11.9. The van der Waals surface area contributed by atoms with E-state index in [1.165, 1.54) is 12.1 Å². The van der Waals surface area contributed by atoms with Gasteiger partial charge in [-0.25, -0.2) is 4.79 Å². The molecule has 0 radical (unpaired) electrons. The molecule has 0 aliphatic heterocycles. The Balaban J connectivity index is 1.36. The van der Waals surface area contributed by atoms with Gasteiger partial charge in [-0.15, -0.1) is 0 Å². The predicted octanol–water partition coefficient (Wildman–Crippen LogP) is 2.79. The summed E-state index contributed by atoms with van der Waals surface area (Å²) in [5.41, 5.74) is 0.742. The number of benzene rings is 1. The van der Waals surface area contributed by atoms with Crippen molar-refractivity contribution in [3.05, 3.63) is 39.9 Å². The summed E-state index contributed by atoms with van der Waals surface area (Å²) in [5.74, 6) is 0. The molecule has 1 aromatic carbocycles. The van der Waals surface area contributed by atoms with E-state index in [2.05, 4.69) is 23.3 Å². The normalized spacial score (nSPS) is 28.2. The standard InChI is InChI=1S/C17H23N3O4S/c21-17(24-10-11-1-5-15(6-2-11)20(22)23)19-13-4-3-12(7-13)18-14-8-16(25)9-14/h1-2,5-6,12-14,16,18,25H,3-4,7-10H2,(H,19,21)/t12-,13-,14?,16?/m0/s1. The Morgan fingerprint density at radius 3 is 2.48 bits per heavy atom. The van der Waals surface area contributed by atoms with Crippen molar-refractivity contribution in [3.8, 4) is 0 Å². The molecule has 25 heavy (non-hydrogen) atoms. The highest BCUT2D eigenvalue weighted by molar-refractivity contribution is 7.81. The van der Waals surface area contributed by atoms with Crippen LogP contribution in [-0.4, -0.2) is 34.4 Å². The fourth-order valence-corrected chi connectivity index (χ4v) is 3.90. The topological polar surface area (TPSA) is 93.5 Å². The lowest BCUT2D eigenvalue weighted by Gasteiger charge is -2.35. The molecule has 136 valence electrons. The van der Waals surface area contributed by atoms with Crippen LogP contribution in [0.15, 0.2) is 24.3 Å². The van der Waals surface area contributed by atoms with E-state index >= 15 is 0 Å². The summed E-state index contributed by atoms with van der Waals surface area (Å²) in [6, 6.07) is 7.14. The molecule has 0 aromatic heterocycles. The van der Waals surface area contributed by atoms with Crippen LogP contribution in [0, 0.1) is 10.1 Å². The average Bonchev–Trinajstić information content (AvgIpc) is 2.99. The minimum Gasteiger partial charge on any atom is -0.445 e. The number of hydrogen-bond donors (Lipinski definition) is 3. The van der Waals surface area contributed by atoms with Crippen molar-refractivity contribution >= 4 is 24.4 Å². The van der Waals surface area contributed by atoms with Gasteiger partial charge in [0.05, 0.1) is 4.92 Å². The molecule has 1 amide bonds. The lowest BCUT2D eigenvalue weighted by atomic mass is 9.91. The Hall–Kier alpha value is -1.80. The van der Waals surface area contributed by atoms with Crippen molar-refractivity contribution in [2.45, 2.75) is 62.1 Å². The molecule has 7 nitrogen and oxygen atoms in total. The van der Waals surface area contributed by atoms with E-state index in [-0.39, 0.29) is 18.3 Å². The first-order valence-corrected chi connectivity index (χ1v) is 9.12. The molecule has 2 saturated carbocycles. The van der Waals surface area contributed by atoms with E-state index in [0.29, 0.717) is 17.3 Å². The third-order valence-electron chi connectivity index (χ3n) is 4.86. The van der Waals surface area contributed by atoms with E-state index in [9.17, 15) is 14.9 Å². The fourth-order valence-electron chi connectivity index (χ4n) is 3.39. The molecule has 3 rings (SSSR count). The zero-order chi connectivity index (χ0) is 17.8. The summed E-state index contributed by atoms with van der Waals surface area (Å²) < 4.78 is 5.20. The van der Waals surface area contributed by atoms with E-state index < -0.39 is 11.0 Å². The van der Waals surface area contributed by atoms with E-state index in [1.807, 2.05) is 0 Å². The molecule has 0 saturated heterocycles. The largest absolute Gasteiger partial charge is 0.445 e. The third-order valence-corrected chi connectivity index (χ3v) is 5.28. The average molecular weight is 365 g/mol. The summed E-state index contributed by atoms with van der Waals surface area (Å²) in [6.07, 6.45) is 4.72. The maximum absolute atomic E-state index is 11.9. The van der Waals surface area contributed by atoms with Gasteiger partial charge in [0.2, 0.25) is 0 Å². The number of carbonyl (C=O) groups excluding carboxylic acids is 1. The molecule has 2 fully saturated rings. The van der Waals surface area contributed by atoms with Crippen molar-refractivity contribution in [2.75, 3.05) is 0 Å². The summed E-state index contributed by atoms with van der Waals surface area (Å²) >= 11 is 4.43. The molecule has 8 heteroatoms. The first-order valence-electron chi connectivity index (χ1n) is 8.60. The summed E-state index contributed by atoms with van der Waals surface area (Å²) in [4.78, 5) is 22.1. The van der Waals surface area contributed by atoms with E-state index in [0.717, 1.165) is 37.7 Å². The Labute approximate surface area is 152 Å². The highest BCUT2D eigenvalue weighted by atomic mass is 32.1. The molecule has 2 atom stereocenters. The number of hydrogen-bond acceptors (Lipinski definition) is 6. The first kappa shape index (κ1) is 18.0. The van der Waals surface area contributed by atoms with Gasteiger partial charge in [-0.05, 0) is 49.8 Å². The molecular weight excluding hydrogens is 342 g/mol. The Morgan fingerprint density at radius 2 is 1.84 bits per heavy atom. The number of nitrogens with zero attached hydrogens (tertiary/aromatic N) is 1. The van der Waals surface area contributed by atoms with Gasteiger partial charge >= 0.3 is 6.09 Å². The van der Waals surface area contributed by atoms with Crippen LogP contribution in [0.5, 0.6) is 0 Å². The number of nitro benzene ring substituents is 1. The second-order valence-corrected chi connectivity index (χ2v) is 7.57. The van der Waals surface area contributed by atoms with E-state index in [1.54, 1.807) is 12.1 Å². The van der Waals surface area contributed by atoms with Crippen molar-refractivity contribution in [3.63, 3.8) is 0 Å². The number of carbonyl (C=O) groups is 1. The lowest BCUT2D eigenvalue weighted by molar-refractivity contribution is -0.384.